The quantitative estimate of drug-likeness (QED) is 0.0273. The number of fused-ring (bicyclic) bond motifs is 4. The van der Waals surface area contributed by atoms with Crippen molar-refractivity contribution in [1.29, 1.82) is 0 Å². The molecule has 11 heteroatoms. The number of benzene rings is 3. The van der Waals surface area contributed by atoms with Gasteiger partial charge in [0.25, 0.3) is 0 Å². The van der Waals surface area contributed by atoms with E-state index < -0.39 is 6.61 Å². The van der Waals surface area contributed by atoms with Gasteiger partial charge in [-0.05, 0) is 237 Å². The number of Topliss-reactive ketones (excluding diaryl/α,β-unsaturated/α-hetero) is 1. The topological polar surface area (TPSA) is 178 Å². The minimum Gasteiger partial charge on any atom is -0.504 e. The molecule has 9 N–H and O–H groups in total. The highest BCUT2D eigenvalue weighted by Crippen LogP contribution is 2.69. The van der Waals surface area contributed by atoms with Crippen LogP contribution in [-0.4, -0.2) is 91.1 Å². The van der Waals surface area contributed by atoms with E-state index in [0.29, 0.717) is 78.1 Å². The number of aryl methyl sites for hydroxylation is 3. The highest BCUT2D eigenvalue weighted by Gasteiger charge is 2.64. The first-order chi connectivity index (χ1) is 39.5. The van der Waals surface area contributed by atoms with Crippen molar-refractivity contribution in [2.24, 2.45) is 58.0 Å². The van der Waals surface area contributed by atoms with Gasteiger partial charge in [-0.15, -0.1) is 0 Å². The van der Waals surface area contributed by atoms with Crippen molar-refractivity contribution >= 4 is 17.1 Å². The van der Waals surface area contributed by atoms with Gasteiger partial charge in [0, 0.05) is 37.8 Å². The number of methoxy groups -OCH3 is 1. The number of allylic oxidation sites excluding steroid dienone is 3. The van der Waals surface area contributed by atoms with Gasteiger partial charge in [0.05, 0.1) is 32.4 Å². The Balaban J connectivity index is 0.796. The second kappa shape index (κ2) is 26.4. The van der Waals surface area contributed by atoms with Crippen molar-refractivity contribution in [3.8, 4) is 11.5 Å². The Morgan fingerprint density at radius 1 is 0.889 bits per heavy atom. The molecule has 3 aromatic carbocycles. The third kappa shape index (κ3) is 13.2. The van der Waals surface area contributed by atoms with Crippen LogP contribution in [0.5, 0.6) is 11.5 Å². The number of aromatic hydroxyl groups is 1. The zero-order chi connectivity index (χ0) is 55.9. The minimum absolute atomic E-state index is 0.0315. The SMILES string of the molecule is COc1cc(C(=CC(=O)CC(=O)CC2CCC3C(CC4C5CCNCC5CC5C=CCNC54)(C2)CC(NCC(O)C2CCCCC2)C32CCCC2)CO)c(CC2=CNC(N)C=C2CCc2cccc(CCc3ccccc3)c2)cc1O. The zero-order valence-electron chi connectivity index (χ0n) is 48.5. The van der Waals surface area contributed by atoms with Gasteiger partial charge in [-0.3, -0.25) is 9.59 Å². The number of carbonyl (C=O) groups is 2. The smallest absolute Gasteiger partial charge is 0.163 e. The van der Waals surface area contributed by atoms with E-state index in [1.54, 1.807) is 12.1 Å². The van der Waals surface area contributed by atoms with Crippen LogP contribution in [0, 0.1) is 52.3 Å². The lowest BCUT2D eigenvalue weighted by Crippen LogP contribution is -2.57. The first kappa shape index (κ1) is 57.9. The molecule has 81 heavy (non-hydrogen) atoms. The van der Waals surface area contributed by atoms with Crippen molar-refractivity contribution in [3.05, 3.63) is 136 Å². The largest absolute Gasteiger partial charge is 0.504 e. The number of ether oxygens (including phenoxy) is 1. The van der Waals surface area contributed by atoms with Gasteiger partial charge in [-0.1, -0.05) is 98.9 Å². The molecule has 0 aromatic heterocycles. The Labute approximate surface area is 483 Å². The van der Waals surface area contributed by atoms with Gasteiger partial charge < -0.3 is 47.1 Å². The van der Waals surface area contributed by atoms with Crippen molar-refractivity contribution < 1.29 is 29.6 Å². The summed E-state index contributed by atoms with van der Waals surface area (Å²) in [4.78, 5) is 28.7. The highest BCUT2D eigenvalue weighted by molar-refractivity contribution is 6.07. The predicted octanol–water partition coefficient (Wildman–Crippen LogP) is 10.4. The Morgan fingerprint density at radius 3 is 2.46 bits per heavy atom. The second-order valence-corrected chi connectivity index (χ2v) is 26.6. The fraction of sp³-hybridized carbons (Fsp3) is 0.600. The molecule has 8 aliphatic rings. The molecule has 0 amide bonds. The Morgan fingerprint density at radius 2 is 1.67 bits per heavy atom. The molecule has 0 radical (unpaired) electrons. The Kier molecular flexibility index (Phi) is 18.8. The van der Waals surface area contributed by atoms with Crippen LogP contribution in [0.3, 0.4) is 0 Å². The molecule has 11 unspecified atom stereocenters. The molecular formula is C70H95N5O6. The van der Waals surface area contributed by atoms with Gasteiger partial charge in [-0.2, -0.15) is 0 Å². The number of rotatable bonds is 22. The van der Waals surface area contributed by atoms with Crippen LogP contribution in [-0.2, 0) is 35.3 Å². The monoisotopic (exact) mass is 1100 g/mol. The van der Waals surface area contributed by atoms with Crippen molar-refractivity contribution in [3.63, 3.8) is 0 Å². The average Bonchev–Trinajstić information content (AvgIpc) is 3.07. The van der Waals surface area contributed by atoms with Crippen LogP contribution in [0.2, 0.25) is 0 Å². The predicted molar refractivity (Wildman–Crippen MR) is 323 cm³/mol. The molecule has 436 valence electrons. The summed E-state index contributed by atoms with van der Waals surface area (Å²) >= 11 is 0. The molecule has 11 nitrogen and oxygen atoms in total. The number of hydrogen-bond donors (Lipinski definition) is 8. The van der Waals surface area contributed by atoms with Crippen molar-refractivity contribution in [1.82, 2.24) is 21.3 Å². The lowest BCUT2D eigenvalue weighted by atomic mass is 9.52. The molecule has 1 saturated heterocycles. The maximum atomic E-state index is 14.5. The van der Waals surface area contributed by atoms with E-state index in [-0.39, 0.29) is 58.5 Å². The van der Waals surface area contributed by atoms with E-state index in [0.717, 1.165) is 101 Å². The molecule has 11 atom stereocenters. The van der Waals surface area contributed by atoms with Gasteiger partial charge in [-0.25, -0.2) is 0 Å². The van der Waals surface area contributed by atoms with Gasteiger partial charge >= 0.3 is 0 Å². The maximum Gasteiger partial charge on any atom is 0.163 e. The number of piperidine rings is 1. The number of carbonyl (C=O) groups excluding carboxylic acids is 2. The molecule has 3 aliphatic heterocycles. The van der Waals surface area contributed by atoms with Crippen molar-refractivity contribution in [2.45, 2.75) is 172 Å². The molecule has 1 spiro atoms. The number of phenolic OH excluding ortho intramolecular Hbond substituents is 1. The number of nitrogens with one attached hydrogen (secondary N) is 4. The summed E-state index contributed by atoms with van der Waals surface area (Å²) in [5.41, 5.74) is 14.4. The van der Waals surface area contributed by atoms with E-state index in [9.17, 15) is 24.9 Å². The van der Waals surface area contributed by atoms with Crippen LogP contribution in [0.1, 0.15) is 150 Å². The average molecular weight is 1100 g/mol. The molecular weight excluding hydrogens is 1010 g/mol. The van der Waals surface area contributed by atoms with Gasteiger partial charge in [0.1, 0.15) is 5.78 Å². The van der Waals surface area contributed by atoms with Crippen LogP contribution < -0.4 is 31.7 Å². The van der Waals surface area contributed by atoms with Gasteiger partial charge in [0.15, 0.2) is 17.3 Å². The first-order valence-corrected chi connectivity index (χ1v) is 31.8. The number of hydrogen-bond acceptors (Lipinski definition) is 11. The van der Waals surface area contributed by atoms with Crippen LogP contribution >= 0.6 is 0 Å². The summed E-state index contributed by atoms with van der Waals surface area (Å²) in [6.07, 6.45) is 32.7. The van der Waals surface area contributed by atoms with Crippen LogP contribution in [0.15, 0.2) is 108 Å². The lowest BCUT2D eigenvalue weighted by Gasteiger charge is -2.55. The normalized spacial score (nSPS) is 30.4. The summed E-state index contributed by atoms with van der Waals surface area (Å²) in [5, 5.41) is 49.2. The Bertz CT molecular complexity index is 2780. The third-order valence-electron chi connectivity index (χ3n) is 21.8. The highest BCUT2D eigenvalue weighted by atomic mass is 16.5. The molecule has 11 rings (SSSR count). The maximum absolute atomic E-state index is 14.5. The van der Waals surface area contributed by atoms with E-state index in [1.165, 1.54) is 94.1 Å². The lowest BCUT2D eigenvalue weighted by molar-refractivity contribution is -0.126. The summed E-state index contributed by atoms with van der Waals surface area (Å²) in [7, 11) is 1.49. The van der Waals surface area contributed by atoms with E-state index in [2.05, 4.69) is 94.1 Å². The fourth-order valence-electron chi connectivity index (χ4n) is 18.2. The first-order valence-electron chi connectivity index (χ1n) is 31.8. The minimum atomic E-state index is -0.431. The summed E-state index contributed by atoms with van der Waals surface area (Å²) < 4.78 is 5.60. The molecule has 3 heterocycles. The summed E-state index contributed by atoms with van der Waals surface area (Å²) in [5.74, 6) is 3.48. The van der Waals surface area contributed by atoms with E-state index in [1.807, 2.05) is 6.20 Å². The number of phenols is 1. The van der Waals surface area contributed by atoms with Crippen molar-refractivity contribution in [2.75, 3.05) is 39.9 Å². The number of aliphatic hydroxyl groups is 2. The molecule has 6 fully saturated rings. The molecule has 5 aliphatic carbocycles. The number of ketones is 2. The third-order valence-corrected chi connectivity index (χ3v) is 21.8. The van der Waals surface area contributed by atoms with Crippen LogP contribution in [0.25, 0.3) is 5.57 Å². The molecule has 0 bridgehead atoms. The second-order valence-electron chi connectivity index (χ2n) is 26.6. The molecule has 3 aromatic rings. The standard InChI is InChI=1S/C70H95N5O6/c1-81-64-38-60(53(35-62(64)79)33-54-43-75-67(71)36-51(54)23-21-48-15-10-14-47(30-48)20-19-46-12-4-2-5-13-46)56(45-76)34-58(78)37-57(77)31-49-22-24-65-69(39-49,40-61-59-25-29-72-42-55(59)32-52-18-11-28-73-68(52)61)41-66(70(65)26-8-9-27-70)74-44-63(80)50-16-6-3-7-17-50/h2,4-5,10-15,18,30,34-36,38,43,49-50,52,55,59,61,63,65-68,72-76,79-80H,3,6-9,16-17,19-29,31-33,37,39-42,44-45,71H2,1H3. The molecule has 5 saturated carbocycles. The van der Waals surface area contributed by atoms with Crippen LogP contribution in [0.4, 0.5) is 0 Å². The summed E-state index contributed by atoms with van der Waals surface area (Å²) in [6, 6.07) is 23.6. The van der Waals surface area contributed by atoms with E-state index >= 15 is 0 Å². The summed E-state index contributed by atoms with van der Waals surface area (Å²) in [6.45, 7) is 3.38. The fourth-order valence-corrected chi connectivity index (χ4v) is 18.2. The van der Waals surface area contributed by atoms with E-state index in [4.69, 9.17) is 10.5 Å². The number of nitrogens with two attached hydrogens (primary N) is 1. The van der Waals surface area contributed by atoms with Gasteiger partial charge in [0.2, 0.25) is 0 Å². The number of dihydropyridines is 1. The zero-order valence-corrected chi connectivity index (χ0v) is 48.5. The Hall–Kier alpha value is -4.88. The number of aliphatic hydroxyl groups excluding tert-OH is 2.